The lowest BCUT2D eigenvalue weighted by Crippen LogP contribution is -2.25. The van der Waals surface area contributed by atoms with Crippen molar-refractivity contribution in [2.45, 2.75) is 0 Å². The smallest absolute Gasteiger partial charge is 0.261 e. The van der Waals surface area contributed by atoms with Gasteiger partial charge in [0.25, 0.3) is 11.8 Å². The quantitative estimate of drug-likeness (QED) is 0.241. The van der Waals surface area contributed by atoms with Crippen LogP contribution in [-0.2, 0) is 9.59 Å². The number of pyridine rings is 1. The molecule has 0 bridgehead atoms. The Morgan fingerprint density at radius 1 is 0.893 bits per heavy atom. The van der Waals surface area contributed by atoms with E-state index in [1.807, 2.05) is 12.1 Å². The molecule has 2 aromatic carbocycles. The molecule has 0 saturated heterocycles. The highest BCUT2D eigenvalue weighted by molar-refractivity contribution is 9.10. The molecule has 0 aliphatic carbocycles. The van der Waals surface area contributed by atoms with E-state index in [1.54, 1.807) is 54.6 Å². The average molecular weight is 457 g/mol. The minimum absolute atomic E-state index is 0.102. The number of nitrogens with zero attached hydrogens (tertiary/aromatic N) is 1. The molecule has 28 heavy (non-hydrogen) atoms. The number of rotatable bonds is 5. The van der Waals surface area contributed by atoms with E-state index in [4.69, 9.17) is 11.6 Å². The molecule has 140 valence electrons. The predicted molar refractivity (Wildman–Crippen MR) is 115 cm³/mol. The standard InChI is InChI=1S/C21H15BrClN3O2/c22-17-10-4-5-11-18(17)26-21(28)16(13-14-7-6-12-24-19(14)23)20(27)25-15-8-2-1-3-9-15/h1-13H,(H,25,27)(H,26,28)/b16-13+. The van der Waals surface area contributed by atoms with Gasteiger partial charge in [-0.05, 0) is 52.3 Å². The molecule has 2 N–H and O–H groups in total. The zero-order valence-corrected chi connectivity index (χ0v) is 16.9. The molecule has 0 spiro atoms. The Kier molecular flexibility index (Phi) is 6.57. The van der Waals surface area contributed by atoms with E-state index in [1.165, 1.54) is 12.3 Å². The van der Waals surface area contributed by atoms with Gasteiger partial charge in [-0.1, -0.05) is 48.0 Å². The largest absolute Gasteiger partial charge is 0.322 e. The summed E-state index contributed by atoms with van der Waals surface area (Å²) in [6, 6.07) is 19.4. The van der Waals surface area contributed by atoms with Crippen LogP contribution >= 0.6 is 27.5 Å². The van der Waals surface area contributed by atoms with E-state index in [0.717, 1.165) is 0 Å². The van der Waals surface area contributed by atoms with Gasteiger partial charge >= 0.3 is 0 Å². The third kappa shape index (κ3) is 5.06. The maximum atomic E-state index is 12.9. The van der Waals surface area contributed by atoms with Crippen LogP contribution in [0, 0.1) is 0 Å². The topological polar surface area (TPSA) is 71.1 Å². The highest BCUT2D eigenvalue weighted by Gasteiger charge is 2.20. The van der Waals surface area contributed by atoms with Gasteiger partial charge in [0.1, 0.15) is 10.7 Å². The third-order valence-corrected chi connectivity index (χ3v) is 4.74. The molecule has 0 fully saturated rings. The second-order valence-corrected chi connectivity index (χ2v) is 6.91. The molecule has 7 heteroatoms. The normalized spacial score (nSPS) is 11.0. The van der Waals surface area contributed by atoms with Crippen molar-refractivity contribution in [1.29, 1.82) is 0 Å². The van der Waals surface area contributed by atoms with Crippen molar-refractivity contribution in [1.82, 2.24) is 4.98 Å². The van der Waals surface area contributed by atoms with Crippen LogP contribution in [0.1, 0.15) is 5.56 Å². The fourth-order valence-electron chi connectivity index (χ4n) is 2.37. The van der Waals surface area contributed by atoms with Gasteiger partial charge in [-0.25, -0.2) is 4.98 Å². The maximum Gasteiger partial charge on any atom is 0.261 e. The Morgan fingerprint density at radius 3 is 2.29 bits per heavy atom. The van der Waals surface area contributed by atoms with Crippen LogP contribution < -0.4 is 10.6 Å². The van der Waals surface area contributed by atoms with Crippen LogP contribution in [0.4, 0.5) is 11.4 Å². The molecule has 2 amide bonds. The first-order valence-corrected chi connectivity index (χ1v) is 9.46. The van der Waals surface area contributed by atoms with E-state index >= 15 is 0 Å². The maximum absolute atomic E-state index is 12.9. The van der Waals surface area contributed by atoms with E-state index in [2.05, 4.69) is 31.5 Å². The molecule has 3 aromatic rings. The van der Waals surface area contributed by atoms with E-state index < -0.39 is 11.8 Å². The fourth-order valence-corrected chi connectivity index (χ4v) is 2.93. The van der Waals surface area contributed by atoms with Crippen LogP contribution in [0.3, 0.4) is 0 Å². The van der Waals surface area contributed by atoms with Gasteiger partial charge in [-0.2, -0.15) is 0 Å². The van der Waals surface area contributed by atoms with Crippen molar-refractivity contribution in [2.24, 2.45) is 0 Å². The molecule has 3 rings (SSSR count). The number of hydrogen-bond donors (Lipinski definition) is 2. The van der Waals surface area contributed by atoms with Gasteiger partial charge in [0, 0.05) is 21.9 Å². The summed E-state index contributed by atoms with van der Waals surface area (Å²) >= 11 is 9.47. The molecule has 0 radical (unpaired) electrons. The number of para-hydroxylation sites is 2. The minimum atomic E-state index is -0.569. The first-order chi connectivity index (χ1) is 13.5. The van der Waals surface area contributed by atoms with E-state index in [0.29, 0.717) is 21.4 Å². The van der Waals surface area contributed by atoms with Gasteiger partial charge in [-0.3, -0.25) is 9.59 Å². The predicted octanol–water partition coefficient (Wildman–Crippen LogP) is 5.16. The number of amides is 2. The van der Waals surface area contributed by atoms with Crippen molar-refractivity contribution >= 4 is 56.8 Å². The summed E-state index contributed by atoms with van der Waals surface area (Å²) in [5.41, 5.74) is 1.48. The Bertz CT molecular complexity index is 1040. The number of halogens is 2. The lowest BCUT2D eigenvalue weighted by molar-refractivity contribution is -0.118. The Morgan fingerprint density at radius 2 is 1.57 bits per heavy atom. The lowest BCUT2D eigenvalue weighted by Gasteiger charge is -2.11. The molecule has 0 saturated carbocycles. The number of carbonyl (C=O) groups is 2. The molecule has 0 aliphatic heterocycles. The highest BCUT2D eigenvalue weighted by atomic mass is 79.9. The SMILES string of the molecule is O=C(Nc1ccccc1)/C(=C\c1cccnc1Cl)C(=O)Nc1ccccc1Br. The van der Waals surface area contributed by atoms with Crippen molar-refractivity contribution in [3.8, 4) is 0 Å². The number of hydrogen-bond acceptors (Lipinski definition) is 3. The average Bonchev–Trinajstić information content (AvgIpc) is 2.69. The number of aromatic nitrogens is 1. The molecule has 0 unspecified atom stereocenters. The third-order valence-electron chi connectivity index (χ3n) is 3.73. The number of benzene rings is 2. The van der Waals surface area contributed by atoms with E-state index in [9.17, 15) is 9.59 Å². The van der Waals surface area contributed by atoms with Crippen molar-refractivity contribution < 1.29 is 9.59 Å². The van der Waals surface area contributed by atoms with Crippen LogP contribution in [0.2, 0.25) is 5.15 Å². The Balaban J connectivity index is 1.94. The second-order valence-electron chi connectivity index (χ2n) is 5.70. The zero-order chi connectivity index (χ0) is 19.9. The summed E-state index contributed by atoms with van der Waals surface area (Å²) in [6.07, 6.45) is 2.95. The van der Waals surface area contributed by atoms with Crippen LogP contribution in [-0.4, -0.2) is 16.8 Å². The monoisotopic (exact) mass is 455 g/mol. The molecule has 1 aromatic heterocycles. The summed E-state index contributed by atoms with van der Waals surface area (Å²) in [4.78, 5) is 29.7. The summed E-state index contributed by atoms with van der Waals surface area (Å²) < 4.78 is 0.700. The van der Waals surface area contributed by atoms with Gasteiger partial charge in [0.15, 0.2) is 0 Å². The van der Waals surface area contributed by atoms with Crippen LogP contribution in [0.5, 0.6) is 0 Å². The van der Waals surface area contributed by atoms with Crippen LogP contribution in [0.15, 0.2) is 83.0 Å². The molecule has 0 aliphatic rings. The van der Waals surface area contributed by atoms with E-state index in [-0.39, 0.29) is 10.7 Å². The van der Waals surface area contributed by atoms with Crippen molar-refractivity contribution in [3.05, 3.63) is 93.7 Å². The van der Waals surface area contributed by atoms with Gasteiger partial charge < -0.3 is 10.6 Å². The summed E-state index contributed by atoms with van der Waals surface area (Å²) in [5.74, 6) is -1.13. The van der Waals surface area contributed by atoms with Crippen LogP contribution in [0.25, 0.3) is 6.08 Å². The number of carbonyl (C=O) groups excluding carboxylic acids is 2. The number of nitrogens with one attached hydrogen (secondary N) is 2. The van der Waals surface area contributed by atoms with Gasteiger partial charge in [0.2, 0.25) is 0 Å². The fraction of sp³-hybridized carbons (Fsp3) is 0. The zero-order valence-electron chi connectivity index (χ0n) is 14.5. The molecule has 0 atom stereocenters. The van der Waals surface area contributed by atoms with Gasteiger partial charge in [-0.15, -0.1) is 0 Å². The Hall–Kier alpha value is -2.96. The van der Waals surface area contributed by atoms with Crippen molar-refractivity contribution in [2.75, 3.05) is 10.6 Å². The first-order valence-electron chi connectivity index (χ1n) is 8.29. The lowest BCUT2D eigenvalue weighted by atomic mass is 10.1. The first kappa shape index (κ1) is 19.8. The molecule has 5 nitrogen and oxygen atoms in total. The molecule has 1 heterocycles. The molecular weight excluding hydrogens is 442 g/mol. The second kappa shape index (κ2) is 9.30. The highest BCUT2D eigenvalue weighted by Crippen LogP contribution is 2.23. The molecular formula is C21H15BrClN3O2. The number of anilines is 2. The van der Waals surface area contributed by atoms with Gasteiger partial charge in [0.05, 0.1) is 5.69 Å². The Labute approximate surface area is 175 Å². The summed E-state index contributed by atoms with van der Waals surface area (Å²) in [7, 11) is 0. The minimum Gasteiger partial charge on any atom is -0.322 e. The van der Waals surface area contributed by atoms with Crippen molar-refractivity contribution in [3.63, 3.8) is 0 Å². The summed E-state index contributed by atoms with van der Waals surface area (Å²) in [6.45, 7) is 0. The summed E-state index contributed by atoms with van der Waals surface area (Å²) in [5, 5.41) is 5.65.